The monoisotopic (exact) mass is 182 g/mol. The molecule has 1 aromatic carbocycles. The molecule has 0 fully saturated rings. The summed E-state index contributed by atoms with van der Waals surface area (Å²) < 4.78 is 0. The van der Waals surface area contributed by atoms with Crippen molar-refractivity contribution in [3.63, 3.8) is 0 Å². The van der Waals surface area contributed by atoms with Gasteiger partial charge in [-0.15, -0.1) is 0 Å². The Kier molecular flexibility index (Phi) is 2.70. The first kappa shape index (κ1) is 9.06. The maximum absolute atomic E-state index is 10.3. The number of hydrogen-bond acceptors (Lipinski definition) is 2. The molecule has 1 aromatic rings. The lowest BCUT2D eigenvalue weighted by atomic mass is 10.1. The van der Waals surface area contributed by atoms with Crippen molar-refractivity contribution in [1.82, 2.24) is 0 Å². The zero-order chi connectivity index (χ0) is 9.14. The molecule has 0 saturated carbocycles. The Morgan fingerprint density at radius 1 is 1.42 bits per heavy atom. The van der Waals surface area contributed by atoms with Gasteiger partial charge in [-0.05, 0) is 12.5 Å². The molecule has 0 aliphatic rings. The summed E-state index contributed by atoms with van der Waals surface area (Å²) in [5.41, 5.74) is 1.05. The second-order valence-electron chi connectivity index (χ2n) is 2.49. The number of benzene rings is 1. The van der Waals surface area contributed by atoms with Crippen molar-refractivity contribution in [3.05, 3.63) is 39.9 Å². The van der Waals surface area contributed by atoms with Crippen LogP contribution in [0.15, 0.2) is 24.3 Å². The van der Waals surface area contributed by atoms with Gasteiger partial charge in [0.15, 0.2) is 0 Å². The Labute approximate surface area is 76.0 Å². The van der Waals surface area contributed by atoms with E-state index >= 15 is 0 Å². The van der Waals surface area contributed by atoms with Crippen molar-refractivity contribution in [3.8, 4) is 0 Å². The van der Waals surface area contributed by atoms with Gasteiger partial charge in [0.05, 0.1) is 4.92 Å². The standard InChI is InChI=1S/C8H8NO2S/c1-6(12)7-2-4-8(5-3-7)9(10)11/h2-6H,1H3. The van der Waals surface area contributed by atoms with Gasteiger partial charge in [0, 0.05) is 17.4 Å². The van der Waals surface area contributed by atoms with E-state index in [1.165, 1.54) is 12.1 Å². The second-order valence-corrected chi connectivity index (χ2v) is 3.20. The fraction of sp³-hybridized carbons (Fsp3) is 0.250. The van der Waals surface area contributed by atoms with E-state index in [2.05, 4.69) is 0 Å². The molecule has 12 heavy (non-hydrogen) atoms. The van der Waals surface area contributed by atoms with Crippen LogP contribution in [-0.2, 0) is 0 Å². The SMILES string of the molecule is CC([S])c1ccc([N+](=O)[O-])cc1. The molecule has 0 saturated heterocycles. The van der Waals surface area contributed by atoms with Crippen LogP contribution in [0.5, 0.6) is 0 Å². The number of nitro groups is 1. The summed E-state index contributed by atoms with van der Waals surface area (Å²) in [7, 11) is 0. The van der Waals surface area contributed by atoms with Crippen molar-refractivity contribution in [2.75, 3.05) is 0 Å². The maximum atomic E-state index is 10.3. The molecule has 0 amide bonds. The van der Waals surface area contributed by atoms with Crippen LogP contribution in [0.4, 0.5) is 5.69 Å². The zero-order valence-corrected chi connectivity index (χ0v) is 7.38. The molecular weight excluding hydrogens is 174 g/mol. The highest BCUT2D eigenvalue weighted by atomic mass is 32.1. The first-order valence-electron chi connectivity index (χ1n) is 3.51. The van der Waals surface area contributed by atoms with E-state index < -0.39 is 4.92 Å². The van der Waals surface area contributed by atoms with Crippen molar-refractivity contribution < 1.29 is 4.92 Å². The first-order valence-corrected chi connectivity index (χ1v) is 3.98. The van der Waals surface area contributed by atoms with Crippen LogP contribution in [0.25, 0.3) is 0 Å². The number of nitro benzene ring substituents is 1. The van der Waals surface area contributed by atoms with Crippen LogP contribution in [0.3, 0.4) is 0 Å². The molecule has 3 nitrogen and oxygen atoms in total. The lowest BCUT2D eigenvalue weighted by molar-refractivity contribution is -0.384. The molecule has 1 rings (SSSR count). The van der Waals surface area contributed by atoms with Gasteiger partial charge in [0.2, 0.25) is 0 Å². The average Bonchev–Trinajstić information content (AvgIpc) is 2.04. The van der Waals surface area contributed by atoms with Gasteiger partial charge in [-0.1, -0.05) is 24.8 Å². The summed E-state index contributed by atoms with van der Waals surface area (Å²) in [5.74, 6) is 0. The van der Waals surface area contributed by atoms with E-state index in [0.29, 0.717) is 0 Å². The smallest absolute Gasteiger partial charge is 0.258 e. The predicted octanol–water partition coefficient (Wildman–Crippen LogP) is 2.85. The Bertz CT molecular complexity index is 282. The Hall–Kier alpha value is -1.03. The predicted molar refractivity (Wildman–Crippen MR) is 49.1 cm³/mol. The summed E-state index contributed by atoms with van der Waals surface area (Å²) in [6.07, 6.45) is 0. The van der Waals surface area contributed by atoms with Crippen LogP contribution in [-0.4, -0.2) is 4.92 Å². The fourth-order valence-electron chi connectivity index (χ4n) is 0.867. The molecule has 1 atom stereocenters. The highest BCUT2D eigenvalue weighted by Gasteiger charge is 2.05. The van der Waals surface area contributed by atoms with Gasteiger partial charge in [-0.2, -0.15) is 0 Å². The average molecular weight is 182 g/mol. The molecule has 4 heteroatoms. The van der Waals surface area contributed by atoms with Crippen molar-refractivity contribution in [2.45, 2.75) is 12.2 Å². The highest BCUT2D eigenvalue weighted by molar-refractivity contribution is 7.80. The third kappa shape index (κ3) is 1.98. The Morgan fingerprint density at radius 3 is 2.25 bits per heavy atom. The molecule has 63 valence electrons. The third-order valence-corrected chi connectivity index (χ3v) is 1.85. The first-order chi connectivity index (χ1) is 5.61. The lowest BCUT2D eigenvalue weighted by Crippen LogP contribution is -1.89. The van der Waals surface area contributed by atoms with E-state index in [1.54, 1.807) is 12.1 Å². The minimum absolute atomic E-state index is 0.00537. The van der Waals surface area contributed by atoms with Crippen molar-refractivity contribution in [2.24, 2.45) is 0 Å². The number of nitrogens with zero attached hydrogens (tertiary/aromatic N) is 1. The second kappa shape index (κ2) is 3.58. The van der Waals surface area contributed by atoms with Crippen LogP contribution < -0.4 is 0 Å². The minimum Gasteiger partial charge on any atom is -0.258 e. The van der Waals surface area contributed by atoms with E-state index in [4.69, 9.17) is 12.6 Å². The Balaban J connectivity index is 2.93. The molecule has 1 radical (unpaired) electrons. The quantitative estimate of drug-likeness (QED) is 0.521. The molecule has 0 aliphatic carbocycles. The third-order valence-electron chi connectivity index (χ3n) is 1.57. The molecule has 0 bridgehead atoms. The maximum Gasteiger partial charge on any atom is 0.269 e. The van der Waals surface area contributed by atoms with E-state index in [0.717, 1.165) is 5.56 Å². The molecule has 0 aromatic heterocycles. The van der Waals surface area contributed by atoms with Crippen molar-refractivity contribution in [1.29, 1.82) is 0 Å². The summed E-state index contributed by atoms with van der Waals surface area (Å²) in [4.78, 5) is 9.84. The summed E-state index contributed by atoms with van der Waals surface area (Å²) in [6, 6.07) is 6.32. The minimum atomic E-state index is -0.419. The highest BCUT2D eigenvalue weighted by Crippen LogP contribution is 2.21. The normalized spacial score (nSPS) is 12.5. The van der Waals surface area contributed by atoms with Crippen LogP contribution in [0, 0.1) is 10.1 Å². The van der Waals surface area contributed by atoms with Gasteiger partial charge >= 0.3 is 0 Å². The lowest BCUT2D eigenvalue weighted by Gasteiger charge is -2.01. The number of non-ortho nitro benzene ring substituents is 1. The van der Waals surface area contributed by atoms with Crippen molar-refractivity contribution >= 4 is 18.3 Å². The van der Waals surface area contributed by atoms with Gasteiger partial charge in [-0.3, -0.25) is 10.1 Å². The zero-order valence-electron chi connectivity index (χ0n) is 6.56. The van der Waals surface area contributed by atoms with Gasteiger partial charge in [0.25, 0.3) is 5.69 Å². The largest absolute Gasteiger partial charge is 0.269 e. The molecular formula is C8H8NO2S. The molecule has 0 heterocycles. The van der Waals surface area contributed by atoms with Gasteiger partial charge < -0.3 is 0 Å². The molecule has 0 spiro atoms. The van der Waals surface area contributed by atoms with Crippen LogP contribution >= 0.6 is 12.6 Å². The van der Waals surface area contributed by atoms with Crippen LogP contribution in [0.2, 0.25) is 0 Å². The number of rotatable bonds is 2. The fourth-order valence-corrected chi connectivity index (χ4v) is 1.02. The number of hydrogen-bond donors (Lipinski definition) is 0. The van der Waals surface area contributed by atoms with E-state index in [9.17, 15) is 10.1 Å². The van der Waals surface area contributed by atoms with E-state index in [1.807, 2.05) is 6.92 Å². The van der Waals surface area contributed by atoms with Crippen LogP contribution in [0.1, 0.15) is 17.7 Å². The summed E-state index contributed by atoms with van der Waals surface area (Å²) >= 11 is 4.98. The van der Waals surface area contributed by atoms with Gasteiger partial charge in [-0.25, -0.2) is 0 Å². The van der Waals surface area contributed by atoms with E-state index in [-0.39, 0.29) is 10.9 Å². The molecule has 0 aliphatic heterocycles. The Morgan fingerprint density at radius 2 is 1.92 bits per heavy atom. The molecule has 0 N–H and O–H groups in total. The topological polar surface area (TPSA) is 43.1 Å². The van der Waals surface area contributed by atoms with Gasteiger partial charge in [0.1, 0.15) is 0 Å². The summed E-state index contributed by atoms with van der Waals surface area (Å²) in [5, 5.41) is 10.3. The summed E-state index contributed by atoms with van der Waals surface area (Å²) in [6.45, 7) is 1.87. The molecule has 1 unspecified atom stereocenters.